The van der Waals surface area contributed by atoms with E-state index in [1.54, 1.807) is 25.1 Å². The number of hydrogen-bond acceptors (Lipinski definition) is 3. The molecule has 0 saturated carbocycles. The van der Waals surface area contributed by atoms with E-state index in [0.29, 0.717) is 22.3 Å². The third-order valence-electron chi connectivity index (χ3n) is 5.01. The van der Waals surface area contributed by atoms with Gasteiger partial charge in [-0.05, 0) is 55.9 Å². The number of halogens is 1. The number of hydrogen-bond donors (Lipinski definition) is 0. The first-order valence-electron chi connectivity index (χ1n) is 9.26. The maximum absolute atomic E-state index is 12.7. The molecule has 4 nitrogen and oxygen atoms in total. The van der Waals surface area contributed by atoms with Crippen molar-refractivity contribution >= 4 is 17.5 Å². The number of rotatable bonds is 5. The molecule has 0 spiro atoms. The van der Waals surface area contributed by atoms with Crippen LogP contribution in [0.3, 0.4) is 0 Å². The summed E-state index contributed by atoms with van der Waals surface area (Å²) in [5, 5.41) is 9.24. The molecule has 0 radical (unpaired) electrons. The van der Waals surface area contributed by atoms with Gasteiger partial charge in [0.15, 0.2) is 6.10 Å². The summed E-state index contributed by atoms with van der Waals surface area (Å²) in [5.41, 5.74) is 1.82. The van der Waals surface area contributed by atoms with Gasteiger partial charge < -0.3 is 9.64 Å². The Morgan fingerprint density at radius 1 is 1.26 bits per heavy atom. The van der Waals surface area contributed by atoms with Gasteiger partial charge >= 0.3 is 0 Å². The second-order valence-electron chi connectivity index (χ2n) is 6.98. The van der Waals surface area contributed by atoms with Crippen molar-refractivity contribution in [3.05, 3.63) is 64.7 Å². The summed E-state index contributed by atoms with van der Waals surface area (Å²) in [4.78, 5) is 14.6. The predicted molar refractivity (Wildman–Crippen MR) is 106 cm³/mol. The Bertz CT molecular complexity index is 824. The average molecular weight is 383 g/mol. The molecule has 1 aliphatic heterocycles. The summed E-state index contributed by atoms with van der Waals surface area (Å²) in [6, 6.07) is 17.3. The van der Waals surface area contributed by atoms with E-state index >= 15 is 0 Å². The van der Waals surface area contributed by atoms with Crippen molar-refractivity contribution in [3.63, 3.8) is 0 Å². The van der Waals surface area contributed by atoms with Gasteiger partial charge in [-0.3, -0.25) is 4.79 Å². The second-order valence-corrected chi connectivity index (χ2v) is 7.38. The van der Waals surface area contributed by atoms with Crippen molar-refractivity contribution < 1.29 is 9.53 Å². The van der Waals surface area contributed by atoms with E-state index in [9.17, 15) is 4.79 Å². The van der Waals surface area contributed by atoms with Crippen LogP contribution in [0.4, 0.5) is 0 Å². The number of benzene rings is 2. The predicted octanol–water partition coefficient (Wildman–Crippen LogP) is 4.46. The third kappa shape index (κ3) is 5.02. The number of carbonyl (C=O) groups excluding carboxylic acids is 1. The highest BCUT2D eigenvalue weighted by molar-refractivity contribution is 6.32. The molecule has 140 valence electrons. The van der Waals surface area contributed by atoms with Gasteiger partial charge in [-0.2, -0.15) is 5.26 Å². The molecule has 1 saturated heterocycles. The zero-order chi connectivity index (χ0) is 19.2. The normalized spacial score (nSPS) is 15.8. The van der Waals surface area contributed by atoms with E-state index in [4.69, 9.17) is 21.6 Å². The fourth-order valence-electron chi connectivity index (χ4n) is 3.47. The minimum atomic E-state index is -0.610. The second kappa shape index (κ2) is 8.92. The summed E-state index contributed by atoms with van der Waals surface area (Å²) < 4.78 is 5.75. The molecule has 0 aromatic heterocycles. The number of ether oxygens (including phenoxy) is 1. The van der Waals surface area contributed by atoms with Crippen molar-refractivity contribution in [1.82, 2.24) is 4.90 Å². The van der Waals surface area contributed by atoms with Gasteiger partial charge in [-0.1, -0.05) is 41.9 Å². The lowest BCUT2D eigenvalue weighted by Crippen LogP contribution is -2.45. The molecule has 1 aliphatic rings. The fraction of sp³-hybridized carbons (Fsp3) is 0.364. The Morgan fingerprint density at radius 3 is 2.59 bits per heavy atom. The minimum Gasteiger partial charge on any atom is -0.479 e. The maximum atomic E-state index is 12.7. The van der Waals surface area contributed by atoms with Crippen LogP contribution in [0.1, 0.15) is 30.9 Å². The van der Waals surface area contributed by atoms with Crippen molar-refractivity contribution in [2.75, 3.05) is 13.1 Å². The highest BCUT2D eigenvalue weighted by Crippen LogP contribution is 2.27. The first-order chi connectivity index (χ1) is 13.1. The molecule has 3 rings (SSSR count). The van der Waals surface area contributed by atoms with E-state index in [-0.39, 0.29) is 5.91 Å². The van der Waals surface area contributed by atoms with Crippen LogP contribution in [0.25, 0.3) is 0 Å². The Labute approximate surface area is 165 Å². The molecule has 1 amide bonds. The zero-order valence-corrected chi connectivity index (χ0v) is 16.2. The van der Waals surface area contributed by atoms with Gasteiger partial charge in [0.05, 0.1) is 16.7 Å². The molecule has 1 heterocycles. The van der Waals surface area contributed by atoms with Crippen molar-refractivity contribution in [2.45, 2.75) is 32.3 Å². The third-order valence-corrected chi connectivity index (χ3v) is 5.30. The average Bonchev–Trinajstić information content (AvgIpc) is 2.70. The molecule has 0 aliphatic carbocycles. The SMILES string of the molecule is C[C@@H](Oc1ccc(C#N)cc1Cl)C(=O)N1CCC(Cc2ccccc2)CC1. The Kier molecular flexibility index (Phi) is 6.36. The van der Waals surface area contributed by atoms with Crippen molar-refractivity contribution in [2.24, 2.45) is 5.92 Å². The number of likely N-dealkylation sites (tertiary alicyclic amines) is 1. The van der Waals surface area contributed by atoms with Crippen LogP contribution < -0.4 is 4.74 Å². The van der Waals surface area contributed by atoms with Gasteiger partial charge in [0.1, 0.15) is 5.75 Å². The molecular formula is C22H23ClN2O2. The number of amides is 1. The van der Waals surface area contributed by atoms with Crippen LogP contribution in [0.5, 0.6) is 5.75 Å². The summed E-state index contributed by atoms with van der Waals surface area (Å²) in [6.45, 7) is 3.25. The fourth-order valence-corrected chi connectivity index (χ4v) is 3.69. The smallest absolute Gasteiger partial charge is 0.263 e. The summed E-state index contributed by atoms with van der Waals surface area (Å²) >= 11 is 6.14. The molecule has 0 unspecified atom stereocenters. The number of piperidine rings is 1. The first kappa shape index (κ1) is 19.3. The van der Waals surface area contributed by atoms with Gasteiger partial charge in [0, 0.05) is 13.1 Å². The van der Waals surface area contributed by atoms with E-state index < -0.39 is 6.10 Å². The van der Waals surface area contributed by atoms with Crippen LogP contribution in [-0.4, -0.2) is 30.0 Å². The lowest BCUT2D eigenvalue weighted by molar-refractivity contribution is -0.139. The Hall–Kier alpha value is -2.51. The Morgan fingerprint density at radius 2 is 1.96 bits per heavy atom. The lowest BCUT2D eigenvalue weighted by atomic mass is 9.90. The first-order valence-corrected chi connectivity index (χ1v) is 9.63. The molecule has 1 fully saturated rings. The van der Waals surface area contributed by atoms with Crippen LogP contribution in [0.2, 0.25) is 5.02 Å². The monoisotopic (exact) mass is 382 g/mol. The summed E-state index contributed by atoms with van der Waals surface area (Å²) in [6.07, 6.45) is 2.47. The van der Waals surface area contributed by atoms with E-state index in [1.165, 1.54) is 5.56 Å². The van der Waals surface area contributed by atoms with Crippen LogP contribution >= 0.6 is 11.6 Å². The van der Waals surface area contributed by atoms with Gasteiger partial charge in [0.25, 0.3) is 5.91 Å². The topological polar surface area (TPSA) is 53.3 Å². The van der Waals surface area contributed by atoms with Crippen LogP contribution in [-0.2, 0) is 11.2 Å². The lowest BCUT2D eigenvalue weighted by Gasteiger charge is -2.33. The largest absolute Gasteiger partial charge is 0.479 e. The van der Waals surface area contributed by atoms with E-state index in [2.05, 4.69) is 24.3 Å². The maximum Gasteiger partial charge on any atom is 0.263 e. The minimum absolute atomic E-state index is 0.0198. The quantitative estimate of drug-likeness (QED) is 0.767. The number of carbonyl (C=O) groups is 1. The van der Waals surface area contributed by atoms with Crippen LogP contribution in [0, 0.1) is 17.2 Å². The molecule has 0 bridgehead atoms. The molecule has 2 aromatic rings. The molecule has 1 atom stereocenters. The van der Waals surface area contributed by atoms with Gasteiger partial charge in [-0.15, -0.1) is 0 Å². The molecule has 27 heavy (non-hydrogen) atoms. The van der Waals surface area contributed by atoms with Crippen LogP contribution in [0.15, 0.2) is 48.5 Å². The Balaban J connectivity index is 1.52. The molecule has 0 N–H and O–H groups in total. The molecule has 5 heteroatoms. The standard InChI is InChI=1S/C22H23ClN2O2/c1-16(27-21-8-7-19(15-24)14-20(21)23)22(26)25-11-9-18(10-12-25)13-17-5-3-2-4-6-17/h2-8,14,16,18H,9-13H2,1H3/t16-/m1/s1. The van der Waals surface area contributed by atoms with E-state index in [0.717, 1.165) is 32.4 Å². The number of nitriles is 1. The number of nitrogens with zero attached hydrogens (tertiary/aromatic N) is 2. The van der Waals surface area contributed by atoms with E-state index in [1.807, 2.05) is 17.0 Å². The highest BCUT2D eigenvalue weighted by Gasteiger charge is 2.27. The zero-order valence-electron chi connectivity index (χ0n) is 15.4. The van der Waals surface area contributed by atoms with Gasteiger partial charge in [0.2, 0.25) is 0 Å². The van der Waals surface area contributed by atoms with Crippen molar-refractivity contribution in [3.8, 4) is 11.8 Å². The summed E-state index contributed by atoms with van der Waals surface area (Å²) in [5.74, 6) is 1.02. The molecular weight excluding hydrogens is 360 g/mol. The van der Waals surface area contributed by atoms with Crippen molar-refractivity contribution in [1.29, 1.82) is 5.26 Å². The van der Waals surface area contributed by atoms with Gasteiger partial charge in [-0.25, -0.2) is 0 Å². The highest BCUT2D eigenvalue weighted by atomic mass is 35.5. The molecule has 2 aromatic carbocycles. The summed E-state index contributed by atoms with van der Waals surface area (Å²) in [7, 11) is 0.